The number of rotatable bonds is 11. The van der Waals surface area contributed by atoms with Gasteiger partial charge in [0.05, 0.1) is 14.2 Å². The third-order valence-corrected chi connectivity index (χ3v) is 8.55. The average Bonchev–Trinajstić information content (AvgIpc) is 3.04. The lowest BCUT2D eigenvalue weighted by molar-refractivity contribution is 0.0954. The summed E-state index contributed by atoms with van der Waals surface area (Å²) in [6.07, 6.45) is 0.681. The van der Waals surface area contributed by atoms with Crippen LogP contribution in [0.25, 0.3) is 0 Å². The number of hydrogen-bond donors (Lipinski definition) is 1. The van der Waals surface area contributed by atoms with Crippen LogP contribution < -0.4 is 24.6 Å². The zero-order valence-electron chi connectivity index (χ0n) is 24.1. The first-order chi connectivity index (χ1) is 20.9. The SMILES string of the molecule is COc1ccc(CCNC(=O)c2ccc(CSc3nc(Cl)cc(N4CCN(c5ccc(Cl)cc5)CC4)n3)cc2)cc1OC. The summed E-state index contributed by atoms with van der Waals surface area (Å²) in [5, 5.41) is 4.77. The summed E-state index contributed by atoms with van der Waals surface area (Å²) < 4.78 is 10.6. The van der Waals surface area contributed by atoms with Crippen molar-refractivity contribution in [2.45, 2.75) is 17.3 Å². The molecule has 1 aliphatic rings. The monoisotopic (exact) mass is 637 g/mol. The second kappa shape index (κ2) is 14.7. The number of carbonyl (C=O) groups is 1. The molecule has 0 saturated carbocycles. The fourth-order valence-electron chi connectivity index (χ4n) is 4.82. The molecule has 5 rings (SSSR count). The van der Waals surface area contributed by atoms with Gasteiger partial charge in [-0.3, -0.25) is 4.79 Å². The molecule has 1 fully saturated rings. The van der Waals surface area contributed by atoms with Gasteiger partial charge >= 0.3 is 0 Å². The molecular formula is C32H33Cl2N5O3S. The molecule has 8 nitrogen and oxygen atoms in total. The molecule has 11 heteroatoms. The van der Waals surface area contributed by atoms with Crippen molar-refractivity contribution in [3.05, 3.63) is 99.7 Å². The Morgan fingerprint density at radius 1 is 0.837 bits per heavy atom. The number of carbonyl (C=O) groups excluding carboxylic acids is 1. The van der Waals surface area contributed by atoms with Crippen molar-refractivity contribution in [2.24, 2.45) is 0 Å². The minimum Gasteiger partial charge on any atom is -0.493 e. The molecule has 1 aromatic heterocycles. The van der Waals surface area contributed by atoms with Gasteiger partial charge in [-0.2, -0.15) is 0 Å². The molecule has 224 valence electrons. The lowest BCUT2D eigenvalue weighted by atomic mass is 10.1. The van der Waals surface area contributed by atoms with E-state index in [-0.39, 0.29) is 5.91 Å². The van der Waals surface area contributed by atoms with Crippen LogP contribution in [0.5, 0.6) is 11.5 Å². The molecule has 0 radical (unpaired) electrons. The second-order valence-corrected chi connectivity index (χ2v) is 11.7. The lowest BCUT2D eigenvalue weighted by Crippen LogP contribution is -2.46. The highest BCUT2D eigenvalue weighted by molar-refractivity contribution is 7.98. The molecule has 4 aromatic rings. The molecule has 43 heavy (non-hydrogen) atoms. The Balaban J connectivity index is 1.10. The first-order valence-electron chi connectivity index (χ1n) is 13.9. The van der Waals surface area contributed by atoms with E-state index in [0.717, 1.165) is 48.1 Å². The number of aromatic nitrogens is 2. The Morgan fingerprint density at radius 3 is 2.21 bits per heavy atom. The number of piperazine rings is 1. The third-order valence-electron chi connectivity index (χ3n) is 7.19. The molecule has 0 spiro atoms. The summed E-state index contributed by atoms with van der Waals surface area (Å²) in [5.41, 5.74) is 3.89. The highest BCUT2D eigenvalue weighted by atomic mass is 35.5. The minimum absolute atomic E-state index is 0.112. The fourth-order valence-corrected chi connectivity index (χ4v) is 5.98. The molecule has 1 saturated heterocycles. The lowest BCUT2D eigenvalue weighted by Gasteiger charge is -2.36. The molecule has 0 bridgehead atoms. The zero-order chi connectivity index (χ0) is 30.2. The van der Waals surface area contributed by atoms with Crippen LogP contribution in [-0.2, 0) is 12.2 Å². The van der Waals surface area contributed by atoms with Crippen LogP contribution in [0.1, 0.15) is 21.5 Å². The van der Waals surface area contributed by atoms with Gasteiger partial charge < -0.3 is 24.6 Å². The van der Waals surface area contributed by atoms with Gasteiger partial charge in [0.25, 0.3) is 5.91 Å². The molecule has 3 aromatic carbocycles. The van der Waals surface area contributed by atoms with Gasteiger partial charge in [0.2, 0.25) is 0 Å². The Labute approximate surface area is 266 Å². The molecule has 1 N–H and O–H groups in total. The van der Waals surface area contributed by atoms with Crippen molar-refractivity contribution in [1.29, 1.82) is 0 Å². The molecule has 1 amide bonds. The Kier molecular flexibility index (Phi) is 10.5. The molecule has 0 atom stereocenters. The van der Waals surface area contributed by atoms with E-state index in [1.54, 1.807) is 14.2 Å². The largest absolute Gasteiger partial charge is 0.493 e. The quantitative estimate of drug-likeness (QED) is 0.115. The van der Waals surface area contributed by atoms with Crippen molar-refractivity contribution in [2.75, 3.05) is 56.7 Å². The number of benzene rings is 3. The molecule has 0 aliphatic carbocycles. The van der Waals surface area contributed by atoms with Gasteiger partial charge in [-0.15, -0.1) is 0 Å². The molecule has 2 heterocycles. The van der Waals surface area contributed by atoms with Gasteiger partial charge in [-0.05, 0) is 66.1 Å². The Morgan fingerprint density at radius 2 is 1.51 bits per heavy atom. The summed E-state index contributed by atoms with van der Waals surface area (Å²) >= 11 is 13.9. The normalized spacial score (nSPS) is 13.1. The van der Waals surface area contributed by atoms with Crippen LogP contribution in [0.4, 0.5) is 11.5 Å². The van der Waals surface area contributed by atoms with E-state index in [1.807, 2.05) is 60.7 Å². The van der Waals surface area contributed by atoms with Gasteiger partial charge in [0, 0.05) is 60.8 Å². The van der Waals surface area contributed by atoms with Gasteiger partial charge in [-0.1, -0.05) is 53.2 Å². The highest BCUT2D eigenvalue weighted by Crippen LogP contribution is 2.28. The van der Waals surface area contributed by atoms with E-state index in [1.165, 1.54) is 17.4 Å². The summed E-state index contributed by atoms with van der Waals surface area (Å²) in [6, 6.07) is 23.1. The van der Waals surface area contributed by atoms with Crippen LogP contribution in [0.15, 0.2) is 78.0 Å². The highest BCUT2D eigenvalue weighted by Gasteiger charge is 2.20. The summed E-state index contributed by atoms with van der Waals surface area (Å²) in [4.78, 5) is 26.5. The maximum absolute atomic E-state index is 12.7. The van der Waals surface area contributed by atoms with Gasteiger partial charge in [-0.25, -0.2) is 9.97 Å². The maximum Gasteiger partial charge on any atom is 0.251 e. The molecule has 0 unspecified atom stereocenters. The van der Waals surface area contributed by atoms with E-state index in [0.29, 0.717) is 46.1 Å². The second-order valence-electron chi connectivity index (χ2n) is 9.96. The van der Waals surface area contributed by atoms with Crippen molar-refractivity contribution in [3.8, 4) is 11.5 Å². The fraction of sp³-hybridized carbons (Fsp3) is 0.281. The minimum atomic E-state index is -0.112. The van der Waals surface area contributed by atoms with E-state index in [2.05, 4.69) is 32.2 Å². The Hall–Kier alpha value is -3.66. The summed E-state index contributed by atoms with van der Waals surface area (Å²) in [7, 11) is 3.22. The summed E-state index contributed by atoms with van der Waals surface area (Å²) in [6.45, 7) is 3.93. The number of amides is 1. The smallest absolute Gasteiger partial charge is 0.251 e. The first kappa shape index (κ1) is 30.8. The number of anilines is 2. The number of thioether (sulfide) groups is 1. The van der Waals surface area contributed by atoms with E-state index in [4.69, 9.17) is 37.7 Å². The first-order valence-corrected chi connectivity index (χ1v) is 15.7. The van der Waals surface area contributed by atoms with Crippen molar-refractivity contribution < 1.29 is 14.3 Å². The molecular weight excluding hydrogens is 605 g/mol. The Bertz CT molecular complexity index is 1530. The van der Waals surface area contributed by atoms with Crippen molar-refractivity contribution in [1.82, 2.24) is 15.3 Å². The zero-order valence-corrected chi connectivity index (χ0v) is 26.4. The number of nitrogens with zero attached hydrogens (tertiary/aromatic N) is 4. The van der Waals surface area contributed by atoms with E-state index < -0.39 is 0 Å². The van der Waals surface area contributed by atoms with E-state index in [9.17, 15) is 4.79 Å². The van der Waals surface area contributed by atoms with E-state index >= 15 is 0 Å². The topological polar surface area (TPSA) is 79.8 Å². The van der Waals surface area contributed by atoms with Gasteiger partial charge in [0.1, 0.15) is 11.0 Å². The van der Waals surface area contributed by atoms with Gasteiger partial charge in [0.15, 0.2) is 16.7 Å². The number of halogens is 2. The van der Waals surface area contributed by atoms with Crippen LogP contribution in [0, 0.1) is 0 Å². The number of nitrogens with one attached hydrogen (secondary N) is 1. The average molecular weight is 639 g/mol. The number of methoxy groups -OCH3 is 2. The predicted molar refractivity (Wildman–Crippen MR) is 175 cm³/mol. The number of hydrogen-bond acceptors (Lipinski definition) is 8. The van der Waals surface area contributed by atoms with Crippen molar-refractivity contribution >= 4 is 52.4 Å². The number of ether oxygens (including phenoxy) is 2. The van der Waals surface area contributed by atoms with Crippen LogP contribution in [0.3, 0.4) is 0 Å². The predicted octanol–water partition coefficient (Wildman–Crippen LogP) is 6.39. The van der Waals surface area contributed by atoms with Crippen LogP contribution in [0.2, 0.25) is 10.2 Å². The van der Waals surface area contributed by atoms with Crippen molar-refractivity contribution in [3.63, 3.8) is 0 Å². The summed E-state index contributed by atoms with van der Waals surface area (Å²) in [5.74, 6) is 2.73. The standard InChI is InChI=1S/C32H33Cl2N5O3S/c1-41-27-12-5-22(19-28(27)42-2)13-14-35-31(40)24-6-3-23(4-7-24)21-43-32-36-29(34)20-30(37-32)39-17-15-38(16-18-39)26-10-8-25(33)9-11-26/h3-12,19-20H,13-18,21H2,1-2H3,(H,35,40). The van der Waals surface area contributed by atoms with Crippen LogP contribution in [-0.4, -0.2) is 62.8 Å². The third kappa shape index (κ3) is 8.25. The maximum atomic E-state index is 12.7. The van der Waals surface area contributed by atoms with Crippen LogP contribution >= 0.6 is 35.0 Å². The molecule has 1 aliphatic heterocycles.